The minimum Gasteiger partial charge on any atom is -0.254 e. The molecule has 0 saturated carbocycles. The number of hydrogen-bond donors (Lipinski definition) is 0. The summed E-state index contributed by atoms with van der Waals surface area (Å²) in [6.07, 6.45) is 3.61. The van der Waals surface area contributed by atoms with Crippen LogP contribution in [-0.4, -0.2) is 17.4 Å². The summed E-state index contributed by atoms with van der Waals surface area (Å²) in [4.78, 5) is 13.8. The minimum atomic E-state index is 0.816. The molecule has 0 bridgehead atoms. The third-order valence-electron chi connectivity index (χ3n) is 4.62. The zero-order chi connectivity index (χ0) is 18.5. The van der Waals surface area contributed by atoms with Crippen molar-refractivity contribution in [3.8, 4) is 0 Å². The molecule has 3 nitrogen and oxygen atoms in total. The highest BCUT2D eigenvalue weighted by atomic mass is 14.8. The van der Waals surface area contributed by atoms with Gasteiger partial charge in [0.1, 0.15) is 0 Å². The second kappa shape index (κ2) is 7.87. The number of rotatable bonds is 4. The molecule has 0 N–H and O–H groups in total. The number of nitrogens with zero attached hydrogens (tertiary/aromatic N) is 3. The molecule has 130 valence electrons. The van der Waals surface area contributed by atoms with Crippen LogP contribution in [0.4, 0.5) is 11.4 Å². The van der Waals surface area contributed by atoms with E-state index in [-0.39, 0.29) is 0 Å². The molecule has 0 spiro atoms. The van der Waals surface area contributed by atoms with Crippen LogP contribution >= 0.6 is 0 Å². The van der Waals surface area contributed by atoms with Crippen LogP contribution in [0.15, 0.2) is 64.6 Å². The Kier molecular flexibility index (Phi) is 5.37. The molecular weight excluding hydrogens is 318 g/mol. The van der Waals surface area contributed by atoms with Crippen molar-refractivity contribution in [2.45, 2.75) is 27.7 Å². The fraction of sp³-hybridized carbons (Fsp3) is 0.174. The average molecular weight is 341 g/mol. The van der Waals surface area contributed by atoms with E-state index in [0.717, 1.165) is 22.8 Å². The minimum absolute atomic E-state index is 0.816. The van der Waals surface area contributed by atoms with Gasteiger partial charge < -0.3 is 0 Å². The molecule has 0 aliphatic heterocycles. The molecule has 0 unspecified atom stereocenters. The maximum atomic E-state index is 4.61. The molecule has 0 saturated heterocycles. The molecular formula is C23H23N3. The van der Waals surface area contributed by atoms with Gasteiger partial charge >= 0.3 is 0 Å². The first kappa shape index (κ1) is 17.7. The summed E-state index contributed by atoms with van der Waals surface area (Å²) < 4.78 is 0. The fourth-order valence-electron chi connectivity index (χ4n) is 2.63. The Bertz CT molecular complexity index is 908. The van der Waals surface area contributed by atoms with Crippen LogP contribution in [0.5, 0.6) is 0 Å². The van der Waals surface area contributed by atoms with Crippen molar-refractivity contribution in [3.63, 3.8) is 0 Å². The highest BCUT2D eigenvalue weighted by Crippen LogP contribution is 2.22. The first-order valence-corrected chi connectivity index (χ1v) is 8.72. The van der Waals surface area contributed by atoms with Crippen molar-refractivity contribution in [2.75, 3.05) is 0 Å². The highest BCUT2D eigenvalue weighted by molar-refractivity contribution is 5.84. The van der Waals surface area contributed by atoms with Crippen LogP contribution in [-0.2, 0) is 0 Å². The van der Waals surface area contributed by atoms with Gasteiger partial charge in [-0.1, -0.05) is 30.3 Å². The van der Waals surface area contributed by atoms with Gasteiger partial charge in [0.05, 0.1) is 35.2 Å². The maximum absolute atomic E-state index is 4.61. The molecule has 3 heteroatoms. The van der Waals surface area contributed by atoms with E-state index in [1.54, 1.807) is 12.4 Å². The molecule has 0 aliphatic rings. The molecule has 3 rings (SSSR count). The Hall–Kier alpha value is -3.07. The van der Waals surface area contributed by atoms with Crippen LogP contribution in [0, 0.1) is 27.7 Å². The Morgan fingerprint density at radius 3 is 1.50 bits per heavy atom. The molecule has 3 aromatic rings. The lowest BCUT2D eigenvalue weighted by atomic mass is 10.1. The van der Waals surface area contributed by atoms with Gasteiger partial charge in [-0.15, -0.1) is 0 Å². The SMILES string of the molecule is Cc1cccc(N=Cc2cccc(C=Nc3cccc(C)c3C)n2)c1C. The normalized spacial score (nSPS) is 11.5. The average Bonchev–Trinajstić information content (AvgIpc) is 2.64. The third kappa shape index (κ3) is 4.12. The number of aromatic nitrogens is 1. The second-order valence-corrected chi connectivity index (χ2v) is 6.44. The highest BCUT2D eigenvalue weighted by Gasteiger charge is 2.00. The predicted molar refractivity (Wildman–Crippen MR) is 111 cm³/mol. The van der Waals surface area contributed by atoms with Gasteiger partial charge in [-0.3, -0.25) is 9.98 Å². The summed E-state index contributed by atoms with van der Waals surface area (Å²) in [7, 11) is 0. The van der Waals surface area contributed by atoms with Gasteiger partial charge in [0.15, 0.2) is 0 Å². The number of pyridine rings is 1. The summed E-state index contributed by atoms with van der Waals surface area (Å²) >= 11 is 0. The molecule has 2 aromatic carbocycles. The Labute approximate surface area is 155 Å². The molecule has 1 heterocycles. The molecule has 0 aliphatic carbocycles. The zero-order valence-electron chi connectivity index (χ0n) is 15.7. The van der Waals surface area contributed by atoms with E-state index >= 15 is 0 Å². The molecule has 0 radical (unpaired) electrons. The van der Waals surface area contributed by atoms with Gasteiger partial charge in [0, 0.05) is 0 Å². The fourth-order valence-corrected chi connectivity index (χ4v) is 2.63. The van der Waals surface area contributed by atoms with Crippen LogP contribution < -0.4 is 0 Å². The van der Waals surface area contributed by atoms with Crippen molar-refractivity contribution in [1.82, 2.24) is 4.98 Å². The van der Waals surface area contributed by atoms with Crippen LogP contribution in [0.1, 0.15) is 33.6 Å². The summed E-state index contributed by atoms with van der Waals surface area (Å²) in [5, 5.41) is 0. The van der Waals surface area contributed by atoms with E-state index in [0.29, 0.717) is 0 Å². The van der Waals surface area contributed by atoms with Gasteiger partial charge in [-0.05, 0) is 74.2 Å². The van der Waals surface area contributed by atoms with E-state index < -0.39 is 0 Å². The Morgan fingerprint density at radius 2 is 1.04 bits per heavy atom. The lowest BCUT2D eigenvalue weighted by Gasteiger charge is -2.03. The summed E-state index contributed by atoms with van der Waals surface area (Å²) in [6, 6.07) is 18.1. The first-order chi connectivity index (χ1) is 12.5. The topological polar surface area (TPSA) is 37.6 Å². The first-order valence-electron chi connectivity index (χ1n) is 8.72. The summed E-state index contributed by atoms with van der Waals surface area (Å²) in [5.74, 6) is 0. The van der Waals surface area contributed by atoms with Crippen LogP contribution in [0.2, 0.25) is 0 Å². The van der Waals surface area contributed by atoms with Crippen molar-refractivity contribution < 1.29 is 0 Å². The standard InChI is InChI=1S/C23H23N3/c1-16-8-5-12-22(18(16)3)24-14-20-10-7-11-21(26-20)15-25-23-13-6-9-17(2)19(23)4/h5-15H,1-4H3. The van der Waals surface area contributed by atoms with E-state index in [2.05, 4.69) is 54.8 Å². The largest absolute Gasteiger partial charge is 0.254 e. The van der Waals surface area contributed by atoms with Crippen molar-refractivity contribution in [3.05, 3.63) is 88.2 Å². The van der Waals surface area contributed by atoms with Gasteiger partial charge in [-0.25, -0.2) is 4.98 Å². The molecule has 26 heavy (non-hydrogen) atoms. The molecule has 0 amide bonds. The number of hydrogen-bond acceptors (Lipinski definition) is 3. The van der Waals surface area contributed by atoms with Crippen molar-refractivity contribution in [1.29, 1.82) is 0 Å². The van der Waals surface area contributed by atoms with Crippen LogP contribution in [0.3, 0.4) is 0 Å². The molecule has 1 aromatic heterocycles. The van der Waals surface area contributed by atoms with Crippen molar-refractivity contribution in [2.24, 2.45) is 9.98 Å². The molecule has 0 fully saturated rings. The Balaban J connectivity index is 1.82. The number of benzene rings is 2. The zero-order valence-corrected chi connectivity index (χ0v) is 15.7. The number of aryl methyl sites for hydroxylation is 2. The predicted octanol–water partition coefficient (Wildman–Crippen LogP) is 5.82. The third-order valence-corrected chi connectivity index (χ3v) is 4.62. The van der Waals surface area contributed by atoms with Gasteiger partial charge in [0.2, 0.25) is 0 Å². The van der Waals surface area contributed by atoms with E-state index in [1.165, 1.54) is 22.3 Å². The summed E-state index contributed by atoms with van der Waals surface area (Å²) in [5.41, 5.74) is 8.44. The van der Waals surface area contributed by atoms with Gasteiger partial charge in [0.25, 0.3) is 0 Å². The van der Waals surface area contributed by atoms with E-state index in [4.69, 9.17) is 0 Å². The lowest BCUT2D eigenvalue weighted by molar-refractivity contribution is 1.26. The maximum Gasteiger partial charge on any atom is 0.0820 e. The van der Waals surface area contributed by atoms with E-state index in [1.807, 2.05) is 42.5 Å². The van der Waals surface area contributed by atoms with E-state index in [9.17, 15) is 0 Å². The second-order valence-electron chi connectivity index (χ2n) is 6.44. The van der Waals surface area contributed by atoms with Crippen molar-refractivity contribution >= 4 is 23.8 Å². The number of aliphatic imine (C=N–C) groups is 2. The molecule has 0 atom stereocenters. The lowest BCUT2D eigenvalue weighted by Crippen LogP contribution is -1.93. The van der Waals surface area contributed by atoms with Gasteiger partial charge in [-0.2, -0.15) is 0 Å². The van der Waals surface area contributed by atoms with Crippen LogP contribution in [0.25, 0.3) is 0 Å². The monoisotopic (exact) mass is 341 g/mol. The Morgan fingerprint density at radius 1 is 0.615 bits per heavy atom. The smallest absolute Gasteiger partial charge is 0.0820 e. The summed E-state index contributed by atoms with van der Waals surface area (Å²) in [6.45, 7) is 8.36. The quantitative estimate of drug-likeness (QED) is 0.551.